The van der Waals surface area contributed by atoms with Gasteiger partial charge >= 0.3 is 0 Å². The average Bonchev–Trinajstić information content (AvgIpc) is 2.38. The molecule has 17 heavy (non-hydrogen) atoms. The van der Waals surface area contributed by atoms with Gasteiger partial charge in [-0.3, -0.25) is 0 Å². The smallest absolute Gasteiger partial charge is 0.229 e. The fraction of sp³-hybridized carbons (Fsp3) is 0.167. The van der Waals surface area contributed by atoms with Crippen molar-refractivity contribution < 1.29 is 4.74 Å². The zero-order valence-electron chi connectivity index (χ0n) is 9.59. The van der Waals surface area contributed by atoms with Crippen LogP contribution in [-0.2, 0) is 0 Å². The van der Waals surface area contributed by atoms with Crippen LogP contribution in [0.5, 0.6) is 5.75 Å². The summed E-state index contributed by atoms with van der Waals surface area (Å²) in [7, 11) is 3.48. The van der Waals surface area contributed by atoms with Crippen LogP contribution in [0.15, 0.2) is 36.7 Å². The first-order chi connectivity index (χ1) is 8.20. The molecule has 0 saturated carbocycles. The van der Waals surface area contributed by atoms with Crippen molar-refractivity contribution in [2.45, 2.75) is 0 Å². The first-order valence-electron chi connectivity index (χ1n) is 5.06. The third kappa shape index (κ3) is 2.65. The maximum absolute atomic E-state index is 6.01. The molecule has 0 bridgehead atoms. The number of methoxy groups -OCH3 is 1. The molecule has 5 heteroatoms. The summed E-state index contributed by atoms with van der Waals surface area (Å²) in [6.07, 6.45) is 3.39. The topological polar surface area (TPSA) is 38.2 Å². The standard InChI is InChI=1S/C12H12ClN3O/c1-16(12-14-4-3-5-15-12)10-6-9(13)7-11(8-10)17-2/h3-8H,1-2H3. The lowest BCUT2D eigenvalue weighted by atomic mass is 10.3. The highest BCUT2D eigenvalue weighted by Crippen LogP contribution is 2.28. The molecule has 0 spiro atoms. The minimum atomic E-state index is 0.608. The van der Waals surface area contributed by atoms with Crippen molar-refractivity contribution in [2.75, 3.05) is 19.1 Å². The van der Waals surface area contributed by atoms with Gasteiger partial charge in [0.15, 0.2) is 0 Å². The zero-order chi connectivity index (χ0) is 12.3. The Morgan fingerprint density at radius 1 is 1.18 bits per heavy atom. The molecule has 0 radical (unpaired) electrons. The van der Waals surface area contributed by atoms with Crippen LogP contribution in [0.2, 0.25) is 5.02 Å². The Morgan fingerprint density at radius 3 is 2.53 bits per heavy atom. The van der Waals surface area contributed by atoms with Gasteiger partial charge in [-0.05, 0) is 18.2 Å². The first-order valence-corrected chi connectivity index (χ1v) is 5.44. The summed E-state index contributed by atoms with van der Waals surface area (Å²) in [6, 6.07) is 7.24. The predicted octanol–water partition coefficient (Wildman–Crippen LogP) is 2.91. The van der Waals surface area contributed by atoms with Crippen molar-refractivity contribution in [1.29, 1.82) is 0 Å². The van der Waals surface area contributed by atoms with Crippen LogP contribution in [0.4, 0.5) is 11.6 Å². The molecular weight excluding hydrogens is 238 g/mol. The number of hydrogen-bond donors (Lipinski definition) is 0. The minimum Gasteiger partial charge on any atom is -0.497 e. The van der Waals surface area contributed by atoms with E-state index in [4.69, 9.17) is 16.3 Å². The Labute approximate surface area is 105 Å². The fourth-order valence-electron chi connectivity index (χ4n) is 1.44. The second-order valence-corrected chi connectivity index (χ2v) is 3.89. The van der Waals surface area contributed by atoms with E-state index in [2.05, 4.69) is 9.97 Å². The Bertz CT molecular complexity index is 504. The van der Waals surface area contributed by atoms with Crippen LogP contribution in [-0.4, -0.2) is 24.1 Å². The molecule has 0 aliphatic carbocycles. The number of aromatic nitrogens is 2. The van der Waals surface area contributed by atoms with E-state index < -0.39 is 0 Å². The maximum Gasteiger partial charge on any atom is 0.229 e. The van der Waals surface area contributed by atoms with Crippen LogP contribution in [0, 0.1) is 0 Å². The fourth-order valence-corrected chi connectivity index (χ4v) is 1.66. The van der Waals surface area contributed by atoms with Gasteiger partial charge in [0.1, 0.15) is 5.75 Å². The predicted molar refractivity (Wildman–Crippen MR) is 68.1 cm³/mol. The number of hydrogen-bond acceptors (Lipinski definition) is 4. The molecular formula is C12H12ClN3O. The highest BCUT2D eigenvalue weighted by molar-refractivity contribution is 6.31. The average molecular weight is 250 g/mol. The normalized spacial score (nSPS) is 10.1. The van der Waals surface area contributed by atoms with Gasteiger partial charge in [0.25, 0.3) is 0 Å². The zero-order valence-corrected chi connectivity index (χ0v) is 10.3. The quantitative estimate of drug-likeness (QED) is 0.838. The molecule has 0 amide bonds. The number of anilines is 2. The van der Waals surface area contributed by atoms with E-state index in [9.17, 15) is 0 Å². The third-order valence-corrected chi connectivity index (χ3v) is 2.55. The van der Waals surface area contributed by atoms with Crippen molar-refractivity contribution in [3.63, 3.8) is 0 Å². The van der Waals surface area contributed by atoms with Crippen LogP contribution in [0.3, 0.4) is 0 Å². The molecule has 2 rings (SSSR count). The van der Waals surface area contributed by atoms with E-state index >= 15 is 0 Å². The second kappa shape index (κ2) is 5.01. The molecule has 0 saturated heterocycles. The molecule has 88 valence electrons. The van der Waals surface area contributed by atoms with E-state index in [0.29, 0.717) is 16.7 Å². The largest absolute Gasteiger partial charge is 0.497 e. The van der Waals surface area contributed by atoms with Crippen molar-refractivity contribution in [2.24, 2.45) is 0 Å². The van der Waals surface area contributed by atoms with Crippen molar-refractivity contribution >= 4 is 23.2 Å². The lowest BCUT2D eigenvalue weighted by molar-refractivity contribution is 0.415. The molecule has 1 aromatic heterocycles. The van der Waals surface area contributed by atoms with Gasteiger partial charge in [0.05, 0.1) is 7.11 Å². The molecule has 0 aliphatic rings. The first kappa shape index (κ1) is 11.7. The van der Waals surface area contributed by atoms with E-state index in [1.807, 2.05) is 24.1 Å². The Morgan fingerprint density at radius 2 is 1.88 bits per heavy atom. The van der Waals surface area contributed by atoms with Gasteiger partial charge in [-0.2, -0.15) is 0 Å². The number of nitrogens with zero attached hydrogens (tertiary/aromatic N) is 3. The van der Waals surface area contributed by atoms with Gasteiger partial charge in [0.2, 0.25) is 5.95 Å². The van der Waals surface area contributed by atoms with Crippen molar-refractivity contribution in [3.8, 4) is 5.75 Å². The van der Waals surface area contributed by atoms with Gasteiger partial charge in [-0.15, -0.1) is 0 Å². The molecule has 0 N–H and O–H groups in total. The van der Waals surface area contributed by atoms with E-state index in [0.717, 1.165) is 5.69 Å². The van der Waals surface area contributed by atoms with Crippen molar-refractivity contribution in [1.82, 2.24) is 9.97 Å². The van der Waals surface area contributed by atoms with Gasteiger partial charge < -0.3 is 9.64 Å². The molecule has 0 atom stereocenters. The summed E-state index contributed by atoms with van der Waals surface area (Å²) in [5.41, 5.74) is 0.876. The molecule has 0 fully saturated rings. The summed E-state index contributed by atoms with van der Waals surface area (Å²) in [6.45, 7) is 0. The number of ether oxygens (including phenoxy) is 1. The number of benzene rings is 1. The lowest BCUT2D eigenvalue weighted by Gasteiger charge is -2.17. The van der Waals surface area contributed by atoms with Gasteiger partial charge in [0, 0.05) is 36.2 Å². The minimum absolute atomic E-state index is 0.608. The molecule has 2 aromatic rings. The van der Waals surface area contributed by atoms with Crippen LogP contribution in [0.25, 0.3) is 0 Å². The highest BCUT2D eigenvalue weighted by atomic mass is 35.5. The summed E-state index contributed by atoms with van der Waals surface area (Å²) < 4.78 is 5.17. The molecule has 1 aromatic carbocycles. The molecule has 0 unspecified atom stereocenters. The van der Waals surface area contributed by atoms with E-state index in [1.165, 1.54) is 0 Å². The van der Waals surface area contributed by atoms with E-state index in [-0.39, 0.29) is 0 Å². The SMILES string of the molecule is COc1cc(Cl)cc(N(C)c2ncccn2)c1. The van der Waals surface area contributed by atoms with E-state index in [1.54, 1.807) is 31.6 Å². The molecule has 4 nitrogen and oxygen atoms in total. The van der Waals surface area contributed by atoms with Crippen LogP contribution in [0.1, 0.15) is 0 Å². The van der Waals surface area contributed by atoms with Gasteiger partial charge in [-0.25, -0.2) is 9.97 Å². The summed E-state index contributed by atoms with van der Waals surface area (Å²) in [4.78, 5) is 10.2. The number of rotatable bonds is 3. The van der Waals surface area contributed by atoms with Crippen LogP contribution >= 0.6 is 11.6 Å². The van der Waals surface area contributed by atoms with Gasteiger partial charge in [-0.1, -0.05) is 11.6 Å². The molecule has 0 aliphatic heterocycles. The summed E-state index contributed by atoms with van der Waals surface area (Å²) in [5.74, 6) is 1.31. The Balaban J connectivity index is 2.37. The Kier molecular flexibility index (Phi) is 3.44. The highest BCUT2D eigenvalue weighted by Gasteiger charge is 2.08. The molecule has 1 heterocycles. The third-order valence-electron chi connectivity index (χ3n) is 2.33. The van der Waals surface area contributed by atoms with Crippen LogP contribution < -0.4 is 9.64 Å². The second-order valence-electron chi connectivity index (χ2n) is 3.46. The maximum atomic E-state index is 6.01. The Hall–Kier alpha value is -1.81. The van der Waals surface area contributed by atoms with Crippen molar-refractivity contribution in [3.05, 3.63) is 41.7 Å². The number of halogens is 1. The summed E-state index contributed by atoms with van der Waals surface area (Å²) >= 11 is 6.01. The monoisotopic (exact) mass is 249 g/mol. The summed E-state index contributed by atoms with van der Waals surface area (Å²) in [5, 5.41) is 0.613. The lowest BCUT2D eigenvalue weighted by Crippen LogP contribution is -2.12.